The highest BCUT2D eigenvalue weighted by Gasteiger charge is 2.18. The quantitative estimate of drug-likeness (QED) is 0.809. The van der Waals surface area contributed by atoms with E-state index in [0.717, 1.165) is 19.9 Å². The molecule has 20 heavy (non-hydrogen) atoms. The molecular formula is C12H17BrN2O4S. The molecule has 0 saturated heterocycles. The number of hydrogen-bond acceptors (Lipinski definition) is 3. The number of carbonyl (C=O) groups is 1. The Labute approximate surface area is 127 Å². The third-order valence-corrected chi connectivity index (χ3v) is 5.48. The zero-order chi connectivity index (χ0) is 15.5. The molecule has 1 rings (SSSR count). The molecule has 8 heteroatoms. The normalized spacial score (nSPS) is 11.7. The van der Waals surface area contributed by atoms with Crippen LogP contribution >= 0.6 is 15.9 Å². The maximum absolute atomic E-state index is 12.0. The number of nitrogens with zero attached hydrogens (tertiary/aromatic N) is 1. The summed E-state index contributed by atoms with van der Waals surface area (Å²) in [7, 11) is -2.41. The number of nitrogens with one attached hydrogen (secondary N) is 1. The van der Waals surface area contributed by atoms with Crippen LogP contribution in [0, 0.1) is 13.8 Å². The van der Waals surface area contributed by atoms with Gasteiger partial charge in [0, 0.05) is 18.1 Å². The fourth-order valence-corrected chi connectivity index (χ4v) is 2.74. The summed E-state index contributed by atoms with van der Waals surface area (Å²) in [5, 5.41) is 8.57. The molecule has 0 aromatic heterocycles. The lowest BCUT2D eigenvalue weighted by atomic mass is 10.1. The minimum atomic E-state index is -3.75. The van der Waals surface area contributed by atoms with Gasteiger partial charge < -0.3 is 5.11 Å². The first-order chi connectivity index (χ1) is 9.13. The van der Waals surface area contributed by atoms with Crippen molar-refractivity contribution in [2.75, 3.05) is 18.3 Å². The fraction of sp³-hybridized carbons (Fsp3) is 0.417. The number of rotatable bonds is 6. The van der Waals surface area contributed by atoms with Gasteiger partial charge in [0.1, 0.15) is 0 Å². The molecule has 0 atom stereocenters. The monoisotopic (exact) mass is 364 g/mol. The Kier molecular flexibility index (Phi) is 5.55. The van der Waals surface area contributed by atoms with Crippen LogP contribution in [0.3, 0.4) is 0 Å². The molecular weight excluding hydrogens is 348 g/mol. The summed E-state index contributed by atoms with van der Waals surface area (Å²) in [6.45, 7) is 3.64. The zero-order valence-corrected chi connectivity index (χ0v) is 13.9. The van der Waals surface area contributed by atoms with Gasteiger partial charge in [-0.05, 0) is 37.1 Å². The van der Waals surface area contributed by atoms with E-state index in [0.29, 0.717) is 5.69 Å². The second-order valence-corrected chi connectivity index (χ2v) is 7.07. The molecule has 6 nitrogen and oxygen atoms in total. The van der Waals surface area contributed by atoms with Crippen LogP contribution in [0.15, 0.2) is 16.6 Å². The molecule has 0 saturated carbocycles. The van der Waals surface area contributed by atoms with E-state index in [1.807, 2.05) is 13.8 Å². The first-order valence-electron chi connectivity index (χ1n) is 5.86. The summed E-state index contributed by atoms with van der Waals surface area (Å²) in [6, 6.07) is 3.42. The van der Waals surface area contributed by atoms with Crippen LogP contribution in [-0.4, -0.2) is 37.4 Å². The zero-order valence-electron chi connectivity index (χ0n) is 11.5. The molecule has 0 fully saturated rings. The second-order valence-electron chi connectivity index (χ2n) is 4.50. The molecule has 112 valence electrons. The van der Waals surface area contributed by atoms with Gasteiger partial charge in [0.25, 0.3) is 0 Å². The third kappa shape index (κ3) is 4.46. The average molecular weight is 365 g/mol. The Morgan fingerprint density at radius 1 is 1.35 bits per heavy atom. The van der Waals surface area contributed by atoms with E-state index in [4.69, 9.17) is 5.11 Å². The van der Waals surface area contributed by atoms with Crippen LogP contribution in [0.25, 0.3) is 0 Å². The third-order valence-electron chi connectivity index (χ3n) is 2.73. The highest BCUT2D eigenvalue weighted by atomic mass is 79.9. The van der Waals surface area contributed by atoms with Crippen LogP contribution in [0.4, 0.5) is 5.69 Å². The Bertz CT molecular complexity index is 593. The number of hydrogen-bond donors (Lipinski definition) is 2. The molecule has 0 aliphatic heterocycles. The van der Waals surface area contributed by atoms with E-state index in [1.165, 1.54) is 7.05 Å². The summed E-state index contributed by atoms with van der Waals surface area (Å²) >= 11 is 3.41. The van der Waals surface area contributed by atoms with E-state index >= 15 is 0 Å². The minimum absolute atomic E-state index is 0.0842. The van der Waals surface area contributed by atoms with Gasteiger partial charge in [-0.25, -0.2) is 0 Å². The van der Waals surface area contributed by atoms with Gasteiger partial charge in [0.05, 0.1) is 12.1 Å². The van der Waals surface area contributed by atoms with Crippen molar-refractivity contribution in [2.24, 2.45) is 0 Å². The Hall–Kier alpha value is -1.12. The lowest BCUT2D eigenvalue weighted by Crippen LogP contribution is -2.34. The van der Waals surface area contributed by atoms with Crippen molar-refractivity contribution in [3.63, 3.8) is 0 Å². The van der Waals surface area contributed by atoms with Gasteiger partial charge in [-0.15, -0.1) is 0 Å². The van der Waals surface area contributed by atoms with Gasteiger partial charge in [-0.1, -0.05) is 15.9 Å². The summed E-state index contributed by atoms with van der Waals surface area (Å²) in [5.74, 6) is -1.04. The summed E-state index contributed by atoms with van der Waals surface area (Å²) < 4.78 is 28.4. The maximum Gasteiger partial charge on any atom is 0.304 e. The van der Waals surface area contributed by atoms with Crippen molar-refractivity contribution in [3.05, 3.63) is 27.7 Å². The molecule has 0 amide bonds. The van der Waals surface area contributed by atoms with E-state index in [2.05, 4.69) is 20.7 Å². The topological polar surface area (TPSA) is 86.7 Å². The lowest BCUT2D eigenvalue weighted by Gasteiger charge is -2.18. The molecule has 0 unspecified atom stereocenters. The van der Waals surface area contributed by atoms with E-state index in [-0.39, 0.29) is 13.0 Å². The predicted octanol–water partition coefficient (Wildman–Crippen LogP) is 2.13. The average Bonchev–Trinajstić information content (AvgIpc) is 2.32. The molecule has 1 aromatic carbocycles. The number of benzene rings is 1. The summed E-state index contributed by atoms with van der Waals surface area (Å²) in [4.78, 5) is 10.5. The SMILES string of the molecule is Cc1cc(NS(=O)(=O)N(C)CCC(=O)O)cc(C)c1Br. The van der Waals surface area contributed by atoms with Gasteiger partial charge in [-0.3, -0.25) is 9.52 Å². The molecule has 1 aromatic rings. The van der Waals surface area contributed by atoms with Crippen LogP contribution < -0.4 is 4.72 Å². The number of carboxylic acid groups (broad SMARTS) is 1. The maximum atomic E-state index is 12.0. The predicted molar refractivity (Wildman–Crippen MR) is 81.0 cm³/mol. The number of halogens is 1. The first-order valence-corrected chi connectivity index (χ1v) is 8.09. The Morgan fingerprint density at radius 2 is 1.85 bits per heavy atom. The van der Waals surface area contributed by atoms with E-state index in [1.54, 1.807) is 12.1 Å². The number of aliphatic carboxylic acids is 1. The van der Waals surface area contributed by atoms with Crippen molar-refractivity contribution < 1.29 is 18.3 Å². The van der Waals surface area contributed by atoms with E-state index < -0.39 is 16.2 Å². The van der Waals surface area contributed by atoms with Crippen molar-refractivity contribution in [1.82, 2.24) is 4.31 Å². The largest absolute Gasteiger partial charge is 0.481 e. The molecule has 0 radical (unpaired) electrons. The smallest absolute Gasteiger partial charge is 0.304 e. The molecule has 0 heterocycles. The Morgan fingerprint density at radius 3 is 2.30 bits per heavy atom. The van der Waals surface area contributed by atoms with Crippen LogP contribution in [-0.2, 0) is 15.0 Å². The van der Waals surface area contributed by atoms with E-state index in [9.17, 15) is 13.2 Å². The Balaban J connectivity index is 2.88. The molecule has 0 bridgehead atoms. The first kappa shape index (κ1) is 16.9. The van der Waals surface area contributed by atoms with Gasteiger partial charge in [-0.2, -0.15) is 12.7 Å². The molecule has 0 spiro atoms. The fourth-order valence-electron chi connectivity index (χ4n) is 1.60. The van der Waals surface area contributed by atoms with Crippen molar-refractivity contribution >= 4 is 37.8 Å². The lowest BCUT2D eigenvalue weighted by molar-refractivity contribution is -0.137. The van der Waals surface area contributed by atoms with Crippen LogP contribution in [0.2, 0.25) is 0 Å². The van der Waals surface area contributed by atoms with Crippen molar-refractivity contribution in [2.45, 2.75) is 20.3 Å². The van der Waals surface area contributed by atoms with Crippen LogP contribution in [0.5, 0.6) is 0 Å². The van der Waals surface area contributed by atoms with Gasteiger partial charge in [0.15, 0.2) is 0 Å². The van der Waals surface area contributed by atoms with Crippen molar-refractivity contribution in [3.8, 4) is 0 Å². The summed E-state index contributed by atoms with van der Waals surface area (Å²) in [5.41, 5.74) is 2.28. The number of anilines is 1. The molecule has 0 aliphatic carbocycles. The standard InChI is InChI=1S/C12H17BrN2O4S/c1-8-6-10(7-9(2)12(8)13)14-20(18,19)15(3)5-4-11(16)17/h6-7,14H,4-5H2,1-3H3,(H,16,17). The number of aryl methyl sites for hydroxylation is 2. The highest BCUT2D eigenvalue weighted by Crippen LogP contribution is 2.25. The minimum Gasteiger partial charge on any atom is -0.481 e. The van der Waals surface area contributed by atoms with Crippen molar-refractivity contribution in [1.29, 1.82) is 0 Å². The second kappa shape index (κ2) is 6.55. The van der Waals surface area contributed by atoms with Gasteiger partial charge in [0.2, 0.25) is 0 Å². The number of carboxylic acids is 1. The highest BCUT2D eigenvalue weighted by molar-refractivity contribution is 9.10. The molecule has 0 aliphatic rings. The van der Waals surface area contributed by atoms with Gasteiger partial charge >= 0.3 is 16.2 Å². The van der Waals surface area contributed by atoms with Crippen LogP contribution in [0.1, 0.15) is 17.5 Å². The molecule has 2 N–H and O–H groups in total. The summed E-state index contributed by atoms with van der Waals surface area (Å²) in [6.07, 6.45) is -0.240.